The van der Waals surface area contributed by atoms with Gasteiger partial charge in [0, 0.05) is 10.2 Å². The van der Waals surface area contributed by atoms with Crippen molar-refractivity contribution in [3.05, 3.63) is 71.2 Å². The van der Waals surface area contributed by atoms with Crippen molar-refractivity contribution in [3.8, 4) is 0 Å². The minimum Gasteiger partial charge on any atom is -0.373 e. The summed E-state index contributed by atoms with van der Waals surface area (Å²) in [5, 5.41) is 5.43. The molecule has 3 aromatic rings. The van der Waals surface area contributed by atoms with Crippen LogP contribution in [0.3, 0.4) is 0 Å². The van der Waals surface area contributed by atoms with Crippen molar-refractivity contribution >= 4 is 49.9 Å². The number of hydrogen-bond acceptors (Lipinski definition) is 3. The first kappa shape index (κ1) is 15.8. The van der Waals surface area contributed by atoms with Gasteiger partial charge in [-0.3, -0.25) is 9.59 Å². The van der Waals surface area contributed by atoms with E-state index in [1.807, 2.05) is 54.6 Å². The summed E-state index contributed by atoms with van der Waals surface area (Å²) in [7, 11) is 0. The number of carbonyl (C=O) groups is 2. The van der Waals surface area contributed by atoms with Gasteiger partial charge >= 0.3 is 0 Å². The zero-order valence-electron chi connectivity index (χ0n) is 13.3. The van der Waals surface area contributed by atoms with E-state index in [0.29, 0.717) is 5.69 Å². The topological polar surface area (TPSA) is 49.4 Å². The van der Waals surface area contributed by atoms with Crippen molar-refractivity contribution < 1.29 is 9.59 Å². The molecule has 2 amide bonds. The van der Waals surface area contributed by atoms with E-state index in [1.165, 1.54) is 4.90 Å². The van der Waals surface area contributed by atoms with Crippen LogP contribution in [-0.2, 0) is 9.59 Å². The second kappa shape index (κ2) is 6.33. The van der Waals surface area contributed by atoms with E-state index >= 15 is 0 Å². The van der Waals surface area contributed by atoms with Crippen molar-refractivity contribution in [2.75, 3.05) is 10.2 Å². The SMILES string of the molecule is O=C1C[C@H](Nc2ccc3ccccc3c2)C(=O)N1c1ccc(Br)cc1. The molecular formula is C20H15BrN2O2. The number of benzene rings is 3. The van der Waals surface area contributed by atoms with Crippen LogP contribution < -0.4 is 10.2 Å². The number of imide groups is 1. The number of fused-ring (bicyclic) bond motifs is 1. The van der Waals surface area contributed by atoms with Gasteiger partial charge in [-0.05, 0) is 47.2 Å². The van der Waals surface area contributed by atoms with Gasteiger partial charge in [-0.25, -0.2) is 4.90 Å². The maximum Gasteiger partial charge on any atom is 0.256 e. The molecule has 0 unspecified atom stereocenters. The van der Waals surface area contributed by atoms with Crippen LogP contribution >= 0.6 is 15.9 Å². The first-order chi connectivity index (χ1) is 12.1. The number of halogens is 1. The molecule has 0 aliphatic carbocycles. The van der Waals surface area contributed by atoms with Gasteiger partial charge in [0.15, 0.2) is 0 Å². The Bertz CT molecular complexity index is 969. The van der Waals surface area contributed by atoms with Gasteiger partial charge in [0.05, 0.1) is 12.1 Å². The van der Waals surface area contributed by atoms with E-state index in [-0.39, 0.29) is 18.2 Å². The summed E-state index contributed by atoms with van der Waals surface area (Å²) >= 11 is 3.36. The Hall–Kier alpha value is -2.66. The fraction of sp³-hybridized carbons (Fsp3) is 0.100. The predicted octanol–water partition coefficient (Wildman–Crippen LogP) is 4.35. The molecule has 0 radical (unpaired) electrons. The lowest BCUT2D eigenvalue weighted by Crippen LogP contribution is -2.34. The second-order valence-corrected chi connectivity index (χ2v) is 6.92. The number of nitrogens with zero attached hydrogens (tertiary/aromatic N) is 1. The molecule has 124 valence electrons. The molecule has 3 aromatic carbocycles. The fourth-order valence-electron chi connectivity index (χ4n) is 3.09. The molecule has 25 heavy (non-hydrogen) atoms. The summed E-state index contributed by atoms with van der Waals surface area (Å²) in [5.41, 5.74) is 1.43. The zero-order chi connectivity index (χ0) is 17.4. The Morgan fingerprint density at radius 3 is 2.40 bits per heavy atom. The van der Waals surface area contributed by atoms with Gasteiger partial charge < -0.3 is 5.32 Å². The van der Waals surface area contributed by atoms with Gasteiger partial charge in [-0.1, -0.05) is 46.3 Å². The highest BCUT2D eigenvalue weighted by Gasteiger charge is 2.39. The number of amides is 2. The first-order valence-electron chi connectivity index (χ1n) is 7.99. The molecule has 1 N–H and O–H groups in total. The minimum atomic E-state index is -0.544. The number of hydrogen-bond donors (Lipinski definition) is 1. The number of anilines is 2. The van der Waals surface area contributed by atoms with E-state index in [0.717, 1.165) is 20.9 Å². The molecule has 0 aromatic heterocycles. The molecule has 1 fully saturated rings. The fourth-order valence-corrected chi connectivity index (χ4v) is 3.35. The highest BCUT2D eigenvalue weighted by molar-refractivity contribution is 9.10. The summed E-state index contributed by atoms with van der Waals surface area (Å²) in [6, 6.07) is 20.6. The Kier molecular flexibility index (Phi) is 4.01. The Morgan fingerprint density at radius 1 is 0.920 bits per heavy atom. The molecule has 4 rings (SSSR count). The highest BCUT2D eigenvalue weighted by atomic mass is 79.9. The van der Waals surface area contributed by atoms with Crippen LogP contribution in [0.5, 0.6) is 0 Å². The van der Waals surface area contributed by atoms with Gasteiger partial charge in [0.25, 0.3) is 5.91 Å². The first-order valence-corrected chi connectivity index (χ1v) is 8.79. The smallest absolute Gasteiger partial charge is 0.256 e. The van der Waals surface area contributed by atoms with E-state index < -0.39 is 6.04 Å². The molecule has 1 saturated heterocycles. The van der Waals surface area contributed by atoms with Crippen LogP contribution in [0.15, 0.2) is 71.2 Å². The van der Waals surface area contributed by atoms with Crippen molar-refractivity contribution in [2.24, 2.45) is 0 Å². The van der Waals surface area contributed by atoms with E-state index in [9.17, 15) is 9.59 Å². The van der Waals surface area contributed by atoms with Gasteiger partial charge in [0.1, 0.15) is 6.04 Å². The molecule has 1 aliphatic heterocycles. The summed E-state index contributed by atoms with van der Waals surface area (Å²) in [6.07, 6.45) is 0.154. The van der Waals surface area contributed by atoms with Crippen molar-refractivity contribution in [3.63, 3.8) is 0 Å². The van der Waals surface area contributed by atoms with Crippen LogP contribution in [-0.4, -0.2) is 17.9 Å². The molecule has 1 heterocycles. The van der Waals surface area contributed by atoms with E-state index in [2.05, 4.69) is 21.2 Å². The van der Waals surface area contributed by atoms with Crippen LogP contribution in [0.25, 0.3) is 10.8 Å². The van der Waals surface area contributed by atoms with E-state index in [4.69, 9.17) is 0 Å². The summed E-state index contributed by atoms with van der Waals surface area (Å²) < 4.78 is 0.904. The van der Waals surface area contributed by atoms with Crippen molar-refractivity contribution in [1.29, 1.82) is 0 Å². The number of nitrogens with one attached hydrogen (secondary N) is 1. The number of carbonyl (C=O) groups excluding carboxylic acids is 2. The minimum absolute atomic E-state index is 0.154. The Balaban J connectivity index is 1.57. The van der Waals surface area contributed by atoms with Crippen LogP contribution in [0.4, 0.5) is 11.4 Å². The largest absolute Gasteiger partial charge is 0.373 e. The third-order valence-corrected chi connectivity index (χ3v) is 4.85. The Labute approximate surface area is 153 Å². The molecule has 1 aliphatic rings. The normalized spacial score (nSPS) is 17.3. The molecule has 0 bridgehead atoms. The molecule has 5 heteroatoms. The monoisotopic (exact) mass is 394 g/mol. The Morgan fingerprint density at radius 2 is 1.64 bits per heavy atom. The standard InChI is InChI=1S/C20H15BrN2O2/c21-15-6-9-17(10-7-15)23-19(24)12-18(20(23)25)22-16-8-5-13-3-1-2-4-14(13)11-16/h1-11,18,22H,12H2/t18-/m0/s1. The summed E-state index contributed by atoms with van der Waals surface area (Å²) in [4.78, 5) is 26.3. The molecular weight excluding hydrogens is 380 g/mol. The van der Waals surface area contributed by atoms with Gasteiger partial charge in [-0.2, -0.15) is 0 Å². The lowest BCUT2D eigenvalue weighted by molar-refractivity contribution is -0.121. The molecule has 4 nitrogen and oxygen atoms in total. The lowest BCUT2D eigenvalue weighted by Gasteiger charge is -2.16. The quantitative estimate of drug-likeness (QED) is 0.671. The van der Waals surface area contributed by atoms with Crippen LogP contribution in [0, 0.1) is 0 Å². The number of rotatable bonds is 3. The average molecular weight is 395 g/mol. The van der Waals surface area contributed by atoms with Crippen molar-refractivity contribution in [2.45, 2.75) is 12.5 Å². The average Bonchev–Trinajstić information content (AvgIpc) is 2.89. The van der Waals surface area contributed by atoms with Crippen LogP contribution in [0.2, 0.25) is 0 Å². The maximum absolute atomic E-state index is 12.7. The lowest BCUT2D eigenvalue weighted by atomic mass is 10.1. The summed E-state index contributed by atoms with van der Waals surface area (Å²) in [6.45, 7) is 0. The third-order valence-electron chi connectivity index (χ3n) is 4.32. The van der Waals surface area contributed by atoms with Crippen molar-refractivity contribution in [1.82, 2.24) is 0 Å². The zero-order valence-corrected chi connectivity index (χ0v) is 14.9. The third kappa shape index (κ3) is 3.03. The molecule has 0 spiro atoms. The molecule has 1 atom stereocenters. The van der Waals surface area contributed by atoms with Gasteiger partial charge in [-0.15, -0.1) is 0 Å². The van der Waals surface area contributed by atoms with E-state index in [1.54, 1.807) is 12.1 Å². The van der Waals surface area contributed by atoms with Gasteiger partial charge in [0.2, 0.25) is 5.91 Å². The highest BCUT2D eigenvalue weighted by Crippen LogP contribution is 2.27. The predicted molar refractivity (Wildman–Crippen MR) is 103 cm³/mol. The molecule has 0 saturated carbocycles. The van der Waals surface area contributed by atoms with Crippen LogP contribution in [0.1, 0.15) is 6.42 Å². The maximum atomic E-state index is 12.7. The second-order valence-electron chi connectivity index (χ2n) is 6.01. The summed E-state index contributed by atoms with van der Waals surface area (Å²) in [5.74, 6) is -0.411.